The van der Waals surface area contributed by atoms with Crippen LogP contribution in [0.3, 0.4) is 0 Å². The maximum Gasteiger partial charge on any atom is 0.115 e. The Morgan fingerprint density at radius 2 is 2.21 bits per heavy atom. The lowest BCUT2D eigenvalue weighted by Gasteiger charge is -2.48. The summed E-state index contributed by atoms with van der Waals surface area (Å²) in [6, 6.07) is 7.19. The number of hydrogen-bond donors (Lipinski definition) is 2. The molecule has 1 aliphatic carbocycles. The van der Waals surface area contributed by atoms with Crippen molar-refractivity contribution in [2.45, 2.75) is 58.0 Å². The van der Waals surface area contributed by atoms with Crippen molar-refractivity contribution in [2.75, 3.05) is 0 Å². The first kappa shape index (κ1) is 13.0. The minimum atomic E-state index is 0.419. The summed E-state index contributed by atoms with van der Waals surface area (Å²) in [5, 5.41) is 13.7. The molecule has 19 heavy (non-hydrogen) atoms. The Bertz CT molecular complexity index is 470. The highest BCUT2D eigenvalue weighted by atomic mass is 16.3. The van der Waals surface area contributed by atoms with Crippen LogP contribution in [0.15, 0.2) is 18.2 Å². The molecule has 0 aromatic heterocycles. The van der Waals surface area contributed by atoms with Crippen LogP contribution in [0.4, 0.5) is 0 Å². The molecule has 3 rings (SSSR count). The SMILES string of the molecule is CCC(C)C1N[C@@H]2Cc3ccc(O)cc3[C@@H](C2)[C@@H]1C. The molecule has 1 aliphatic heterocycles. The fraction of sp³-hybridized carbons (Fsp3) is 0.647. The van der Waals surface area contributed by atoms with Gasteiger partial charge in [0.15, 0.2) is 0 Å². The normalized spacial score (nSPS) is 34.7. The van der Waals surface area contributed by atoms with E-state index in [2.05, 4.69) is 32.2 Å². The molecule has 104 valence electrons. The molecule has 0 saturated carbocycles. The predicted octanol–water partition coefficient (Wildman–Crippen LogP) is 3.44. The lowest BCUT2D eigenvalue weighted by Crippen LogP contribution is -2.55. The van der Waals surface area contributed by atoms with Gasteiger partial charge in [0, 0.05) is 12.1 Å². The van der Waals surface area contributed by atoms with Gasteiger partial charge in [0.05, 0.1) is 0 Å². The molecule has 2 unspecified atom stereocenters. The molecule has 2 aliphatic rings. The van der Waals surface area contributed by atoms with Gasteiger partial charge in [-0.25, -0.2) is 0 Å². The van der Waals surface area contributed by atoms with Gasteiger partial charge >= 0.3 is 0 Å². The Hall–Kier alpha value is -1.02. The molecular weight excluding hydrogens is 234 g/mol. The zero-order chi connectivity index (χ0) is 13.6. The number of fused-ring (bicyclic) bond motifs is 4. The molecule has 1 fully saturated rings. The van der Waals surface area contributed by atoms with Gasteiger partial charge in [0.2, 0.25) is 0 Å². The summed E-state index contributed by atoms with van der Waals surface area (Å²) < 4.78 is 0. The van der Waals surface area contributed by atoms with Crippen LogP contribution >= 0.6 is 0 Å². The van der Waals surface area contributed by atoms with Crippen LogP contribution in [0.1, 0.15) is 50.7 Å². The number of aromatic hydroxyl groups is 1. The maximum atomic E-state index is 9.78. The minimum Gasteiger partial charge on any atom is -0.508 e. The summed E-state index contributed by atoms with van der Waals surface area (Å²) in [6.45, 7) is 7.02. The Morgan fingerprint density at radius 3 is 2.95 bits per heavy atom. The lowest BCUT2D eigenvalue weighted by molar-refractivity contribution is 0.152. The predicted molar refractivity (Wildman–Crippen MR) is 78.5 cm³/mol. The zero-order valence-corrected chi connectivity index (χ0v) is 12.2. The summed E-state index contributed by atoms with van der Waals surface area (Å²) in [7, 11) is 0. The van der Waals surface area contributed by atoms with E-state index in [0.29, 0.717) is 29.7 Å². The van der Waals surface area contributed by atoms with Crippen LogP contribution in [0.25, 0.3) is 0 Å². The molecule has 1 saturated heterocycles. The van der Waals surface area contributed by atoms with E-state index in [1.54, 1.807) is 0 Å². The second kappa shape index (κ2) is 4.82. The van der Waals surface area contributed by atoms with Crippen molar-refractivity contribution < 1.29 is 5.11 Å². The van der Waals surface area contributed by atoms with Crippen molar-refractivity contribution in [2.24, 2.45) is 11.8 Å². The Morgan fingerprint density at radius 1 is 1.42 bits per heavy atom. The van der Waals surface area contributed by atoms with Crippen molar-refractivity contribution in [3.63, 3.8) is 0 Å². The molecule has 0 amide bonds. The van der Waals surface area contributed by atoms with Gasteiger partial charge in [-0.3, -0.25) is 0 Å². The van der Waals surface area contributed by atoms with E-state index in [1.807, 2.05) is 12.1 Å². The first-order valence-corrected chi connectivity index (χ1v) is 7.68. The molecule has 1 aromatic rings. The van der Waals surface area contributed by atoms with E-state index in [0.717, 1.165) is 12.3 Å². The van der Waals surface area contributed by atoms with Crippen LogP contribution in [0, 0.1) is 11.8 Å². The monoisotopic (exact) mass is 259 g/mol. The van der Waals surface area contributed by atoms with Crippen LogP contribution in [-0.4, -0.2) is 17.2 Å². The molecule has 1 aromatic carbocycles. The smallest absolute Gasteiger partial charge is 0.115 e. The van der Waals surface area contributed by atoms with Crippen LogP contribution in [0.2, 0.25) is 0 Å². The third-order valence-corrected chi connectivity index (χ3v) is 5.42. The highest BCUT2D eigenvalue weighted by molar-refractivity contribution is 5.41. The van der Waals surface area contributed by atoms with Gasteiger partial charge < -0.3 is 10.4 Å². The van der Waals surface area contributed by atoms with Gasteiger partial charge in [-0.1, -0.05) is 33.3 Å². The summed E-state index contributed by atoms with van der Waals surface area (Å²) in [6.07, 6.45) is 3.57. The van der Waals surface area contributed by atoms with Gasteiger partial charge in [0.1, 0.15) is 5.75 Å². The number of benzene rings is 1. The van der Waals surface area contributed by atoms with Crippen LogP contribution in [-0.2, 0) is 6.42 Å². The van der Waals surface area contributed by atoms with E-state index in [1.165, 1.54) is 24.0 Å². The van der Waals surface area contributed by atoms with E-state index in [4.69, 9.17) is 0 Å². The minimum absolute atomic E-state index is 0.419. The zero-order valence-electron chi connectivity index (χ0n) is 12.2. The largest absolute Gasteiger partial charge is 0.508 e. The highest BCUT2D eigenvalue weighted by Gasteiger charge is 2.41. The first-order valence-electron chi connectivity index (χ1n) is 7.68. The van der Waals surface area contributed by atoms with Crippen molar-refractivity contribution in [1.82, 2.24) is 5.32 Å². The molecule has 0 spiro atoms. The highest BCUT2D eigenvalue weighted by Crippen LogP contribution is 2.44. The molecule has 2 nitrogen and oxygen atoms in total. The van der Waals surface area contributed by atoms with Crippen LogP contribution in [0.5, 0.6) is 5.75 Å². The number of hydrogen-bond acceptors (Lipinski definition) is 2. The number of phenolic OH excluding ortho intramolecular Hbond substituents is 1. The summed E-state index contributed by atoms with van der Waals surface area (Å²) >= 11 is 0. The average Bonchev–Trinajstić information content (AvgIpc) is 2.42. The van der Waals surface area contributed by atoms with Crippen molar-refractivity contribution in [1.29, 1.82) is 0 Å². The molecule has 1 heterocycles. The average molecular weight is 259 g/mol. The van der Waals surface area contributed by atoms with E-state index in [-0.39, 0.29) is 0 Å². The molecule has 2 N–H and O–H groups in total. The summed E-state index contributed by atoms with van der Waals surface area (Å²) in [5.74, 6) is 2.40. The molecule has 2 heteroatoms. The first-order chi connectivity index (χ1) is 9.10. The summed E-state index contributed by atoms with van der Waals surface area (Å²) in [4.78, 5) is 0. The van der Waals surface area contributed by atoms with E-state index >= 15 is 0 Å². The Labute approximate surface area is 116 Å². The number of rotatable bonds is 2. The Balaban J connectivity index is 1.95. The molecule has 2 bridgehead atoms. The van der Waals surface area contributed by atoms with Crippen molar-refractivity contribution in [3.05, 3.63) is 29.3 Å². The number of piperidine rings is 1. The third-order valence-electron chi connectivity index (χ3n) is 5.42. The number of nitrogens with one attached hydrogen (secondary N) is 1. The van der Waals surface area contributed by atoms with E-state index < -0.39 is 0 Å². The third kappa shape index (κ3) is 2.16. The topological polar surface area (TPSA) is 32.3 Å². The van der Waals surface area contributed by atoms with Gasteiger partial charge in [0.25, 0.3) is 0 Å². The molecule has 0 radical (unpaired) electrons. The van der Waals surface area contributed by atoms with Gasteiger partial charge in [-0.15, -0.1) is 0 Å². The van der Waals surface area contributed by atoms with Gasteiger partial charge in [-0.05, 0) is 53.9 Å². The molecule has 5 atom stereocenters. The quantitative estimate of drug-likeness (QED) is 0.852. The Kier molecular flexibility index (Phi) is 3.30. The lowest BCUT2D eigenvalue weighted by atomic mass is 9.66. The fourth-order valence-electron chi connectivity index (χ4n) is 4.13. The maximum absolute atomic E-state index is 9.78. The second-order valence-electron chi connectivity index (χ2n) is 6.56. The standard InChI is InChI=1S/C17H25NO/c1-4-10(2)17-11(3)15-8-13(18-17)7-12-5-6-14(19)9-16(12)15/h5-6,9-11,13,15,17-19H,4,7-8H2,1-3H3/t10?,11-,13+,15-,17?/m0/s1. The van der Waals surface area contributed by atoms with Crippen molar-refractivity contribution in [3.8, 4) is 5.75 Å². The fourth-order valence-corrected chi connectivity index (χ4v) is 4.13. The second-order valence-corrected chi connectivity index (χ2v) is 6.56. The van der Waals surface area contributed by atoms with Crippen molar-refractivity contribution >= 4 is 0 Å². The molecular formula is C17H25NO. The number of phenols is 1. The van der Waals surface area contributed by atoms with E-state index in [9.17, 15) is 5.11 Å². The van der Waals surface area contributed by atoms with Gasteiger partial charge in [-0.2, -0.15) is 0 Å². The summed E-state index contributed by atoms with van der Waals surface area (Å²) in [5.41, 5.74) is 2.83. The van der Waals surface area contributed by atoms with Crippen LogP contribution < -0.4 is 5.32 Å².